The highest BCUT2D eigenvalue weighted by molar-refractivity contribution is 7.99. The van der Waals surface area contributed by atoms with Gasteiger partial charge < -0.3 is 10.1 Å². The van der Waals surface area contributed by atoms with E-state index in [2.05, 4.69) is 10.3 Å². The number of carbonyl (C=O) groups is 2. The SMILES string of the molecule is N#CCSc1ccccc1NC(=O)COC(=O)CCc1ccc2ccccc2n1. The van der Waals surface area contributed by atoms with Crippen LogP contribution in [0.1, 0.15) is 12.1 Å². The van der Waals surface area contributed by atoms with Crippen LogP contribution in [0.2, 0.25) is 0 Å². The van der Waals surface area contributed by atoms with Gasteiger partial charge >= 0.3 is 5.97 Å². The second-order valence-electron chi connectivity index (χ2n) is 6.15. The van der Waals surface area contributed by atoms with Crippen molar-refractivity contribution in [3.63, 3.8) is 0 Å². The van der Waals surface area contributed by atoms with Gasteiger partial charge in [0.15, 0.2) is 6.61 Å². The van der Waals surface area contributed by atoms with E-state index >= 15 is 0 Å². The number of rotatable bonds is 8. The van der Waals surface area contributed by atoms with Crippen LogP contribution in [-0.4, -0.2) is 29.2 Å². The number of fused-ring (bicyclic) bond motifs is 1. The monoisotopic (exact) mass is 405 g/mol. The Kier molecular flexibility index (Phi) is 7.20. The minimum absolute atomic E-state index is 0.146. The lowest BCUT2D eigenvalue weighted by molar-refractivity contribution is -0.147. The molecule has 3 aromatic rings. The average molecular weight is 405 g/mol. The Morgan fingerprint density at radius 2 is 1.86 bits per heavy atom. The molecule has 1 N–H and O–H groups in total. The smallest absolute Gasteiger partial charge is 0.306 e. The van der Waals surface area contributed by atoms with Crippen LogP contribution >= 0.6 is 11.8 Å². The number of anilines is 1. The maximum atomic E-state index is 12.1. The summed E-state index contributed by atoms with van der Waals surface area (Å²) in [4.78, 5) is 29.4. The molecule has 1 aromatic heterocycles. The van der Waals surface area contributed by atoms with E-state index < -0.39 is 11.9 Å². The highest BCUT2D eigenvalue weighted by Gasteiger charge is 2.11. The number of carbonyl (C=O) groups excluding carboxylic acids is 2. The lowest BCUT2D eigenvalue weighted by Gasteiger charge is -2.10. The number of ether oxygens (including phenoxy) is 1. The van der Waals surface area contributed by atoms with Crippen molar-refractivity contribution < 1.29 is 14.3 Å². The van der Waals surface area contributed by atoms with Gasteiger partial charge in [-0.25, -0.2) is 0 Å². The molecule has 1 heterocycles. The largest absolute Gasteiger partial charge is 0.456 e. The number of thioether (sulfide) groups is 1. The van der Waals surface area contributed by atoms with Crippen molar-refractivity contribution in [1.29, 1.82) is 5.26 Å². The van der Waals surface area contributed by atoms with Gasteiger partial charge in [0.25, 0.3) is 5.91 Å². The standard InChI is InChI=1S/C22H19N3O3S/c23-13-14-29-20-8-4-3-7-19(20)25-21(26)15-28-22(27)12-11-17-10-9-16-5-1-2-6-18(16)24-17/h1-10H,11-12,14-15H2,(H,25,26). The van der Waals surface area contributed by atoms with Crippen LogP contribution < -0.4 is 5.32 Å². The summed E-state index contributed by atoms with van der Waals surface area (Å²) in [6.07, 6.45) is 0.589. The number of amides is 1. The fourth-order valence-corrected chi connectivity index (χ4v) is 3.36. The van der Waals surface area contributed by atoms with E-state index in [1.165, 1.54) is 11.8 Å². The lowest BCUT2D eigenvalue weighted by atomic mass is 10.1. The van der Waals surface area contributed by atoms with Crippen LogP contribution in [0.3, 0.4) is 0 Å². The molecule has 7 heteroatoms. The molecule has 0 bridgehead atoms. The minimum Gasteiger partial charge on any atom is -0.456 e. The Morgan fingerprint density at radius 1 is 1.07 bits per heavy atom. The Balaban J connectivity index is 1.46. The zero-order chi connectivity index (χ0) is 20.5. The molecule has 0 unspecified atom stereocenters. The summed E-state index contributed by atoms with van der Waals surface area (Å²) in [6, 6.07) is 20.9. The topological polar surface area (TPSA) is 92.1 Å². The van der Waals surface area contributed by atoms with Crippen LogP contribution in [-0.2, 0) is 20.7 Å². The van der Waals surface area contributed by atoms with Crippen LogP contribution in [0.25, 0.3) is 10.9 Å². The maximum Gasteiger partial charge on any atom is 0.306 e. The van der Waals surface area contributed by atoms with Crippen LogP contribution in [0.15, 0.2) is 65.6 Å². The number of pyridine rings is 1. The second-order valence-corrected chi connectivity index (χ2v) is 7.16. The van der Waals surface area contributed by atoms with Crippen LogP contribution in [0.4, 0.5) is 5.69 Å². The number of esters is 1. The van der Waals surface area contributed by atoms with Gasteiger partial charge in [0, 0.05) is 22.4 Å². The molecule has 2 aromatic carbocycles. The van der Waals surface area contributed by atoms with Gasteiger partial charge in [-0.2, -0.15) is 5.26 Å². The van der Waals surface area contributed by atoms with Gasteiger partial charge in [-0.1, -0.05) is 36.4 Å². The van der Waals surface area contributed by atoms with Gasteiger partial charge in [-0.05, 0) is 24.3 Å². The Morgan fingerprint density at radius 3 is 2.72 bits per heavy atom. The Bertz CT molecular complexity index is 1060. The third-order valence-electron chi connectivity index (χ3n) is 4.06. The summed E-state index contributed by atoms with van der Waals surface area (Å²) in [6.45, 7) is -0.360. The van der Waals surface area contributed by atoms with E-state index in [0.29, 0.717) is 12.1 Å². The zero-order valence-corrected chi connectivity index (χ0v) is 16.4. The fraction of sp³-hybridized carbons (Fsp3) is 0.182. The molecule has 0 fully saturated rings. The van der Waals surface area contributed by atoms with E-state index in [1.807, 2.05) is 54.6 Å². The third-order valence-corrected chi connectivity index (χ3v) is 5.00. The first-order valence-corrected chi connectivity index (χ1v) is 10.0. The molecule has 0 atom stereocenters. The molecule has 0 aliphatic rings. The average Bonchev–Trinajstić information content (AvgIpc) is 2.75. The molecule has 1 amide bonds. The molecule has 0 radical (unpaired) electrons. The summed E-state index contributed by atoms with van der Waals surface area (Å²) in [7, 11) is 0. The number of aryl methyl sites for hydroxylation is 1. The molecule has 0 saturated carbocycles. The Labute approximate surface area is 172 Å². The third kappa shape index (κ3) is 6.06. The summed E-state index contributed by atoms with van der Waals surface area (Å²) >= 11 is 1.33. The molecule has 146 valence electrons. The van der Waals surface area contributed by atoms with E-state index in [-0.39, 0.29) is 18.8 Å². The lowest BCUT2D eigenvalue weighted by Crippen LogP contribution is -2.21. The highest BCUT2D eigenvalue weighted by atomic mass is 32.2. The van der Waals surface area contributed by atoms with Gasteiger partial charge in [0.1, 0.15) is 0 Å². The van der Waals surface area contributed by atoms with Crippen molar-refractivity contribution in [3.05, 3.63) is 66.4 Å². The summed E-state index contributed by atoms with van der Waals surface area (Å²) in [5.74, 6) is -0.598. The minimum atomic E-state index is -0.456. The van der Waals surface area contributed by atoms with Crippen molar-refractivity contribution in [2.75, 3.05) is 17.7 Å². The normalized spacial score (nSPS) is 10.3. The molecule has 3 rings (SSSR count). The summed E-state index contributed by atoms with van der Waals surface area (Å²) in [5, 5.41) is 12.5. The van der Waals surface area contributed by atoms with Crippen molar-refractivity contribution in [1.82, 2.24) is 4.98 Å². The number of nitrogens with zero attached hydrogens (tertiary/aromatic N) is 2. The highest BCUT2D eigenvalue weighted by Crippen LogP contribution is 2.26. The second kappa shape index (κ2) is 10.2. The Hall–Kier alpha value is -3.37. The van der Waals surface area contributed by atoms with Crippen molar-refractivity contribution in [2.45, 2.75) is 17.7 Å². The number of aromatic nitrogens is 1. The number of benzene rings is 2. The molecule has 0 saturated heterocycles. The van der Waals surface area contributed by atoms with Gasteiger partial charge in [0.2, 0.25) is 0 Å². The van der Waals surface area contributed by atoms with E-state index in [4.69, 9.17) is 10.00 Å². The molecule has 0 aliphatic heterocycles. The van der Waals surface area contributed by atoms with Crippen molar-refractivity contribution in [2.24, 2.45) is 0 Å². The first-order chi connectivity index (χ1) is 14.2. The molecular weight excluding hydrogens is 386 g/mol. The number of nitrogens with one attached hydrogen (secondary N) is 1. The first-order valence-electron chi connectivity index (χ1n) is 9.04. The number of para-hydroxylation sites is 2. The van der Waals surface area contributed by atoms with E-state index in [9.17, 15) is 9.59 Å². The molecule has 29 heavy (non-hydrogen) atoms. The molecule has 0 spiro atoms. The van der Waals surface area contributed by atoms with Gasteiger partial charge in [-0.15, -0.1) is 11.8 Å². The number of hydrogen-bond donors (Lipinski definition) is 1. The summed E-state index contributed by atoms with van der Waals surface area (Å²) in [5.41, 5.74) is 2.27. The van der Waals surface area contributed by atoms with Crippen molar-refractivity contribution in [3.8, 4) is 6.07 Å². The van der Waals surface area contributed by atoms with Crippen molar-refractivity contribution >= 4 is 40.2 Å². The maximum absolute atomic E-state index is 12.1. The predicted octanol–water partition coefficient (Wildman–Crippen LogP) is 3.96. The van der Waals surface area contributed by atoms with E-state index in [0.717, 1.165) is 21.5 Å². The molecule has 0 aliphatic carbocycles. The summed E-state index contributed by atoms with van der Waals surface area (Å²) < 4.78 is 5.07. The first kappa shape index (κ1) is 20.4. The number of nitriles is 1. The quantitative estimate of drug-likeness (QED) is 0.450. The number of hydrogen-bond acceptors (Lipinski definition) is 6. The molecular formula is C22H19N3O3S. The van der Waals surface area contributed by atoms with Crippen LogP contribution in [0, 0.1) is 11.3 Å². The van der Waals surface area contributed by atoms with Gasteiger partial charge in [0.05, 0.1) is 29.4 Å². The predicted molar refractivity (Wildman–Crippen MR) is 112 cm³/mol. The van der Waals surface area contributed by atoms with Crippen LogP contribution in [0.5, 0.6) is 0 Å². The van der Waals surface area contributed by atoms with E-state index in [1.54, 1.807) is 12.1 Å². The molecule has 6 nitrogen and oxygen atoms in total. The fourth-order valence-electron chi connectivity index (χ4n) is 2.69. The zero-order valence-electron chi connectivity index (χ0n) is 15.6. The van der Waals surface area contributed by atoms with Gasteiger partial charge in [-0.3, -0.25) is 14.6 Å².